The SMILES string of the molecule is CCCC(N)c1ncc(-c2ccccc2C)[nH]1. The number of nitrogens with one attached hydrogen (secondary N) is 1. The Balaban J connectivity index is 2.27. The third kappa shape index (κ3) is 2.56. The Morgan fingerprint density at radius 2 is 2.12 bits per heavy atom. The predicted molar refractivity (Wildman–Crippen MR) is 70.6 cm³/mol. The lowest BCUT2D eigenvalue weighted by molar-refractivity contribution is 0.609. The molecule has 0 aliphatic heterocycles. The number of rotatable bonds is 4. The minimum atomic E-state index is 0.0118. The quantitative estimate of drug-likeness (QED) is 0.846. The fraction of sp³-hybridized carbons (Fsp3) is 0.357. The molecule has 17 heavy (non-hydrogen) atoms. The van der Waals surface area contributed by atoms with Gasteiger partial charge in [0.15, 0.2) is 0 Å². The van der Waals surface area contributed by atoms with Gasteiger partial charge in [0.05, 0.1) is 17.9 Å². The molecule has 3 nitrogen and oxygen atoms in total. The Morgan fingerprint density at radius 1 is 1.35 bits per heavy atom. The summed E-state index contributed by atoms with van der Waals surface area (Å²) < 4.78 is 0. The molecule has 1 aromatic heterocycles. The van der Waals surface area contributed by atoms with Gasteiger partial charge in [-0.05, 0) is 18.9 Å². The number of nitrogens with zero attached hydrogens (tertiary/aromatic N) is 1. The normalized spacial score (nSPS) is 12.6. The van der Waals surface area contributed by atoms with Gasteiger partial charge in [0.1, 0.15) is 5.82 Å². The van der Waals surface area contributed by atoms with Crippen LogP contribution < -0.4 is 5.73 Å². The van der Waals surface area contributed by atoms with Crippen molar-refractivity contribution in [3.63, 3.8) is 0 Å². The molecular weight excluding hydrogens is 210 g/mol. The third-order valence-corrected chi connectivity index (χ3v) is 2.98. The molecule has 0 radical (unpaired) electrons. The number of aryl methyl sites for hydroxylation is 1. The second kappa shape index (κ2) is 5.15. The van der Waals surface area contributed by atoms with Crippen LogP contribution in [-0.2, 0) is 0 Å². The smallest absolute Gasteiger partial charge is 0.123 e. The molecule has 0 saturated heterocycles. The average Bonchev–Trinajstić information content (AvgIpc) is 2.79. The summed E-state index contributed by atoms with van der Waals surface area (Å²) >= 11 is 0. The van der Waals surface area contributed by atoms with E-state index in [1.807, 2.05) is 18.3 Å². The van der Waals surface area contributed by atoms with E-state index in [0.29, 0.717) is 0 Å². The maximum atomic E-state index is 6.04. The van der Waals surface area contributed by atoms with Gasteiger partial charge in [-0.1, -0.05) is 37.6 Å². The Labute approximate surface area is 102 Å². The fourth-order valence-corrected chi connectivity index (χ4v) is 1.98. The predicted octanol–water partition coefficient (Wildman–Crippen LogP) is 3.19. The van der Waals surface area contributed by atoms with Crippen molar-refractivity contribution in [3.05, 3.63) is 41.9 Å². The van der Waals surface area contributed by atoms with E-state index in [0.717, 1.165) is 24.4 Å². The van der Waals surface area contributed by atoms with Crippen LogP contribution in [0.25, 0.3) is 11.3 Å². The van der Waals surface area contributed by atoms with Crippen molar-refractivity contribution in [2.24, 2.45) is 5.73 Å². The van der Waals surface area contributed by atoms with Crippen LogP contribution in [0.2, 0.25) is 0 Å². The van der Waals surface area contributed by atoms with Gasteiger partial charge in [-0.15, -0.1) is 0 Å². The number of hydrogen-bond donors (Lipinski definition) is 2. The van der Waals surface area contributed by atoms with Crippen LogP contribution in [0.4, 0.5) is 0 Å². The summed E-state index contributed by atoms with van der Waals surface area (Å²) in [5, 5.41) is 0. The molecule has 3 N–H and O–H groups in total. The second-order valence-corrected chi connectivity index (χ2v) is 4.39. The van der Waals surface area contributed by atoms with E-state index in [2.05, 4.69) is 35.9 Å². The van der Waals surface area contributed by atoms with Crippen molar-refractivity contribution >= 4 is 0 Å². The first-order valence-corrected chi connectivity index (χ1v) is 6.09. The molecule has 1 aromatic carbocycles. The molecular formula is C14H19N3. The minimum absolute atomic E-state index is 0.0118. The fourth-order valence-electron chi connectivity index (χ4n) is 1.98. The molecule has 1 unspecified atom stereocenters. The number of hydrogen-bond acceptors (Lipinski definition) is 2. The zero-order chi connectivity index (χ0) is 12.3. The van der Waals surface area contributed by atoms with E-state index in [4.69, 9.17) is 5.73 Å². The summed E-state index contributed by atoms with van der Waals surface area (Å²) in [6.07, 6.45) is 3.90. The van der Waals surface area contributed by atoms with Crippen LogP contribution >= 0.6 is 0 Å². The van der Waals surface area contributed by atoms with Crippen LogP contribution in [0, 0.1) is 6.92 Å². The van der Waals surface area contributed by atoms with E-state index in [1.54, 1.807) is 0 Å². The van der Waals surface area contributed by atoms with Crippen LogP contribution in [0.1, 0.15) is 37.2 Å². The highest BCUT2D eigenvalue weighted by Crippen LogP contribution is 2.23. The molecule has 2 rings (SSSR count). The van der Waals surface area contributed by atoms with Crippen molar-refractivity contribution < 1.29 is 0 Å². The first-order valence-electron chi connectivity index (χ1n) is 6.09. The van der Waals surface area contributed by atoms with Crippen LogP contribution in [0.5, 0.6) is 0 Å². The Hall–Kier alpha value is -1.61. The highest BCUT2D eigenvalue weighted by Gasteiger charge is 2.10. The lowest BCUT2D eigenvalue weighted by Crippen LogP contribution is -2.11. The molecule has 0 amide bonds. The van der Waals surface area contributed by atoms with Crippen LogP contribution in [0.3, 0.4) is 0 Å². The van der Waals surface area contributed by atoms with Gasteiger partial charge in [0, 0.05) is 5.56 Å². The first-order chi connectivity index (χ1) is 8.22. The average molecular weight is 229 g/mol. The molecule has 3 heteroatoms. The summed E-state index contributed by atoms with van der Waals surface area (Å²) in [6.45, 7) is 4.23. The summed E-state index contributed by atoms with van der Waals surface area (Å²) in [6, 6.07) is 8.28. The highest BCUT2D eigenvalue weighted by molar-refractivity contribution is 5.62. The number of aromatic nitrogens is 2. The molecule has 0 aliphatic rings. The van der Waals surface area contributed by atoms with Crippen molar-refractivity contribution in [1.29, 1.82) is 0 Å². The molecule has 0 saturated carbocycles. The number of aromatic amines is 1. The van der Waals surface area contributed by atoms with Gasteiger partial charge in [-0.2, -0.15) is 0 Å². The third-order valence-electron chi connectivity index (χ3n) is 2.98. The largest absolute Gasteiger partial charge is 0.341 e. The molecule has 2 aromatic rings. The lowest BCUT2D eigenvalue weighted by Gasteiger charge is -2.06. The number of H-pyrrole nitrogens is 1. The standard InChI is InChI=1S/C14H19N3/c1-3-6-12(15)14-16-9-13(17-14)11-8-5-4-7-10(11)2/h4-5,7-9,12H,3,6,15H2,1-2H3,(H,16,17). The highest BCUT2D eigenvalue weighted by atomic mass is 15.0. The Kier molecular flexibility index (Phi) is 3.59. The maximum absolute atomic E-state index is 6.04. The molecule has 0 bridgehead atoms. The topological polar surface area (TPSA) is 54.7 Å². The van der Waals surface area contributed by atoms with Gasteiger partial charge in [0.25, 0.3) is 0 Å². The van der Waals surface area contributed by atoms with Gasteiger partial charge >= 0.3 is 0 Å². The summed E-state index contributed by atoms with van der Waals surface area (Å²) in [5.74, 6) is 0.880. The molecule has 90 valence electrons. The molecule has 1 atom stereocenters. The van der Waals surface area contributed by atoms with Gasteiger partial charge in [0.2, 0.25) is 0 Å². The Bertz CT molecular complexity index is 488. The van der Waals surface area contributed by atoms with Crippen molar-refractivity contribution in [3.8, 4) is 11.3 Å². The summed E-state index contributed by atoms with van der Waals surface area (Å²) in [5.41, 5.74) is 9.52. The molecule has 0 aliphatic carbocycles. The van der Waals surface area contributed by atoms with E-state index in [1.165, 1.54) is 11.1 Å². The van der Waals surface area contributed by atoms with Crippen molar-refractivity contribution in [2.75, 3.05) is 0 Å². The van der Waals surface area contributed by atoms with Gasteiger partial charge in [-0.3, -0.25) is 0 Å². The Morgan fingerprint density at radius 3 is 2.82 bits per heavy atom. The molecule has 0 spiro atoms. The summed E-state index contributed by atoms with van der Waals surface area (Å²) in [4.78, 5) is 7.69. The van der Waals surface area contributed by atoms with E-state index < -0.39 is 0 Å². The second-order valence-electron chi connectivity index (χ2n) is 4.39. The molecule has 1 heterocycles. The zero-order valence-corrected chi connectivity index (χ0v) is 10.4. The number of nitrogens with two attached hydrogens (primary N) is 1. The minimum Gasteiger partial charge on any atom is -0.341 e. The van der Waals surface area contributed by atoms with Gasteiger partial charge in [-0.25, -0.2) is 4.98 Å². The number of benzene rings is 1. The summed E-state index contributed by atoms with van der Waals surface area (Å²) in [7, 11) is 0. The monoisotopic (exact) mass is 229 g/mol. The van der Waals surface area contributed by atoms with Crippen molar-refractivity contribution in [2.45, 2.75) is 32.7 Å². The number of imidazole rings is 1. The van der Waals surface area contributed by atoms with Crippen molar-refractivity contribution in [1.82, 2.24) is 9.97 Å². The first kappa shape index (κ1) is 11.9. The van der Waals surface area contributed by atoms with E-state index >= 15 is 0 Å². The van der Waals surface area contributed by atoms with Gasteiger partial charge < -0.3 is 10.7 Å². The zero-order valence-electron chi connectivity index (χ0n) is 10.4. The molecule has 0 fully saturated rings. The van der Waals surface area contributed by atoms with E-state index in [-0.39, 0.29) is 6.04 Å². The van der Waals surface area contributed by atoms with Crippen LogP contribution in [0.15, 0.2) is 30.5 Å². The van der Waals surface area contributed by atoms with Crippen LogP contribution in [-0.4, -0.2) is 9.97 Å². The van der Waals surface area contributed by atoms with E-state index in [9.17, 15) is 0 Å². The maximum Gasteiger partial charge on any atom is 0.123 e. The lowest BCUT2D eigenvalue weighted by atomic mass is 10.1.